The second-order valence-electron chi connectivity index (χ2n) is 5.73. The van der Waals surface area contributed by atoms with Gasteiger partial charge in [-0.1, -0.05) is 19.1 Å². The highest BCUT2D eigenvalue weighted by Gasteiger charge is 2.30. The summed E-state index contributed by atoms with van der Waals surface area (Å²) in [6.45, 7) is 3.61. The smallest absolute Gasteiger partial charge is 0.305 e. The summed E-state index contributed by atoms with van der Waals surface area (Å²) in [4.78, 5) is 10.4. The van der Waals surface area contributed by atoms with E-state index in [0.717, 1.165) is 42.9 Å². The van der Waals surface area contributed by atoms with Gasteiger partial charge in [-0.3, -0.25) is 9.97 Å². The monoisotopic (exact) mass is 323 g/mol. The van der Waals surface area contributed by atoms with Crippen LogP contribution in [0.25, 0.3) is 0 Å². The standard InChI is InChI=1S/C17H20F3N3/c1-13(14-3-5-15(6-4-14)17(18,19)20)12-23(2)10-7-16-11-21-8-9-22-16/h3-6,8-9,11,13H,7,10,12H2,1-2H3/t13-/m1/s1. The number of aromatic nitrogens is 2. The number of rotatable bonds is 6. The van der Waals surface area contributed by atoms with Crippen molar-refractivity contribution in [3.8, 4) is 0 Å². The summed E-state index contributed by atoms with van der Waals surface area (Å²) in [5.41, 5.74) is 1.23. The minimum absolute atomic E-state index is 0.157. The normalized spacial score (nSPS) is 13.3. The molecule has 0 aliphatic heterocycles. The van der Waals surface area contributed by atoms with Gasteiger partial charge in [0, 0.05) is 38.1 Å². The molecule has 0 saturated carbocycles. The second-order valence-corrected chi connectivity index (χ2v) is 5.73. The van der Waals surface area contributed by atoms with Crippen molar-refractivity contribution in [3.05, 3.63) is 59.7 Å². The van der Waals surface area contributed by atoms with Crippen LogP contribution in [0, 0.1) is 0 Å². The summed E-state index contributed by atoms with van der Waals surface area (Å²) in [6.07, 6.45) is 1.56. The number of benzene rings is 1. The third kappa shape index (κ3) is 5.32. The molecule has 0 saturated heterocycles. The van der Waals surface area contributed by atoms with Crippen LogP contribution in [0.15, 0.2) is 42.9 Å². The molecule has 1 aromatic heterocycles. The molecule has 0 aliphatic carbocycles. The second kappa shape index (κ2) is 7.55. The van der Waals surface area contributed by atoms with Crippen LogP contribution >= 0.6 is 0 Å². The van der Waals surface area contributed by atoms with Gasteiger partial charge in [0.1, 0.15) is 0 Å². The molecule has 2 aromatic rings. The Balaban J connectivity index is 1.87. The van der Waals surface area contributed by atoms with E-state index in [9.17, 15) is 13.2 Å². The predicted molar refractivity (Wildman–Crippen MR) is 83.1 cm³/mol. The summed E-state index contributed by atoms with van der Waals surface area (Å²) in [5, 5.41) is 0. The molecule has 1 heterocycles. The average Bonchev–Trinajstić information content (AvgIpc) is 2.53. The molecule has 124 valence electrons. The van der Waals surface area contributed by atoms with Gasteiger partial charge in [-0.05, 0) is 30.7 Å². The lowest BCUT2D eigenvalue weighted by Gasteiger charge is -2.21. The molecule has 23 heavy (non-hydrogen) atoms. The van der Waals surface area contributed by atoms with E-state index in [1.807, 2.05) is 14.0 Å². The van der Waals surface area contributed by atoms with Crippen LogP contribution in [0.1, 0.15) is 29.7 Å². The fourth-order valence-corrected chi connectivity index (χ4v) is 2.43. The Morgan fingerprint density at radius 1 is 1.13 bits per heavy atom. The molecule has 1 atom stereocenters. The molecule has 2 rings (SSSR count). The molecule has 6 heteroatoms. The Morgan fingerprint density at radius 2 is 1.83 bits per heavy atom. The van der Waals surface area contributed by atoms with Crippen molar-refractivity contribution in [2.24, 2.45) is 0 Å². The van der Waals surface area contributed by atoms with Crippen LogP contribution in [0.5, 0.6) is 0 Å². The zero-order valence-electron chi connectivity index (χ0n) is 13.2. The maximum Gasteiger partial charge on any atom is 0.416 e. The summed E-state index contributed by atoms with van der Waals surface area (Å²) in [7, 11) is 2.00. The van der Waals surface area contributed by atoms with E-state index in [2.05, 4.69) is 14.9 Å². The van der Waals surface area contributed by atoms with Gasteiger partial charge < -0.3 is 4.90 Å². The molecule has 0 unspecified atom stereocenters. The molecule has 3 nitrogen and oxygen atoms in total. The number of halogens is 3. The quantitative estimate of drug-likeness (QED) is 0.810. The first-order valence-corrected chi connectivity index (χ1v) is 7.47. The van der Waals surface area contributed by atoms with Crippen LogP contribution in [-0.4, -0.2) is 35.0 Å². The first kappa shape index (κ1) is 17.4. The van der Waals surface area contributed by atoms with Gasteiger partial charge >= 0.3 is 6.18 Å². The fraction of sp³-hybridized carbons (Fsp3) is 0.412. The summed E-state index contributed by atoms with van der Waals surface area (Å²) >= 11 is 0. The lowest BCUT2D eigenvalue weighted by Crippen LogP contribution is -2.26. The van der Waals surface area contributed by atoms with Crippen molar-refractivity contribution in [3.63, 3.8) is 0 Å². The van der Waals surface area contributed by atoms with E-state index >= 15 is 0 Å². The van der Waals surface area contributed by atoms with Gasteiger partial charge in [-0.2, -0.15) is 13.2 Å². The van der Waals surface area contributed by atoms with E-state index in [-0.39, 0.29) is 5.92 Å². The van der Waals surface area contributed by atoms with Crippen molar-refractivity contribution in [2.45, 2.75) is 25.4 Å². The topological polar surface area (TPSA) is 29.0 Å². The zero-order valence-corrected chi connectivity index (χ0v) is 13.2. The van der Waals surface area contributed by atoms with Crippen molar-refractivity contribution >= 4 is 0 Å². The molecule has 0 spiro atoms. The Morgan fingerprint density at radius 3 is 2.39 bits per heavy atom. The molecular formula is C17H20F3N3. The maximum absolute atomic E-state index is 12.6. The Hall–Kier alpha value is -1.95. The van der Waals surface area contributed by atoms with Crippen LogP contribution in [0.3, 0.4) is 0 Å². The average molecular weight is 323 g/mol. The predicted octanol–water partition coefficient (Wildman–Crippen LogP) is 3.77. The molecule has 0 N–H and O–H groups in total. The minimum Gasteiger partial charge on any atom is -0.305 e. The first-order chi connectivity index (χ1) is 10.9. The Bertz CT molecular complexity index is 597. The van der Waals surface area contributed by atoms with Crippen molar-refractivity contribution in [2.75, 3.05) is 20.1 Å². The third-order valence-electron chi connectivity index (χ3n) is 3.76. The van der Waals surface area contributed by atoms with Gasteiger partial charge in [-0.25, -0.2) is 0 Å². The van der Waals surface area contributed by atoms with Gasteiger partial charge in [-0.15, -0.1) is 0 Å². The van der Waals surface area contributed by atoms with E-state index in [0.29, 0.717) is 0 Å². The van der Waals surface area contributed by atoms with Gasteiger partial charge in [0.05, 0.1) is 11.3 Å². The molecular weight excluding hydrogens is 303 g/mol. The van der Waals surface area contributed by atoms with Crippen LogP contribution in [0.4, 0.5) is 13.2 Å². The third-order valence-corrected chi connectivity index (χ3v) is 3.76. The fourth-order valence-electron chi connectivity index (χ4n) is 2.43. The lowest BCUT2D eigenvalue weighted by molar-refractivity contribution is -0.137. The number of nitrogens with zero attached hydrogens (tertiary/aromatic N) is 3. The summed E-state index contributed by atoms with van der Waals surface area (Å²) in [6, 6.07) is 5.41. The van der Waals surface area contributed by atoms with E-state index < -0.39 is 11.7 Å². The highest BCUT2D eigenvalue weighted by molar-refractivity contribution is 5.27. The Labute approximate surface area is 134 Å². The Kier molecular flexibility index (Phi) is 5.71. The first-order valence-electron chi connectivity index (χ1n) is 7.47. The number of likely N-dealkylation sites (N-methyl/N-ethyl adjacent to an activating group) is 1. The minimum atomic E-state index is -4.28. The summed E-state index contributed by atoms with van der Waals surface area (Å²) in [5.74, 6) is 0.157. The summed E-state index contributed by atoms with van der Waals surface area (Å²) < 4.78 is 37.7. The molecule has 0 radical (unpaired) electrons. The molecule has 0 fully saturated rings. The van der Waals surface area contributed by atoms with E-state index in [1.165, 1.54) is 0 Å². The van der Waals surface area contributed by atoms with Crippen molar-refractivity contribution in [1.82, 2.24) is 14.9 Å². The van der Waals surface area contributed by atoms with Crippen LogP contribution in [0.2, 0.25) is 0 Å². The maximum atomic E-state index is 12.6. The van der Waals surface area contributed by atoms with Gasteiger partial charge in [0.15, 0.2) is 0 Å². The van der Waals surface area contributed by atoms with E-state index in [4.69, 9.17) is 0 Å². The highest BCUT2D eigenvalue weighted by atomic mass is 19.4. The molecule has 0 bridgehead atoms. The van der Waals surface area contributed by atoms with E-state index in [1.54, 1.807) is 30.7 Å². The molecule has 0 aliphatic rings. The largest absolute Gasteiger partial charge is 0.416 e. The number of alkyl halides is 3. The number of hydrogen-bond donors (Lipinski definition) is 0. The number of hydrogen-bond acceptors (Lipinski definition) is 3. The molecule has 1 aromatic carbocycles. The lowest BCUT2D eigenvalue weighted by atomic mass is 9.99. The SMILES string of the molecule is C[C@H](CN(C)CCc1cnccn1)c1ccc(C(F)(F)F)cc1. The van der Waals surface area contributed by atoms with Crippen LogP contribution < -0.4 is 0 Å². The molecule has 0 amide bonds. The van der Waals surface area contributed by atoms with Crippen LogP contribution in [-0.2, 0) is 12.6 Å². The van der Waals surface area contributed by atoms with Crippen molar-refractivity contribution in [1.29, 1.82) is 0 Å². The van der Waals surface area contributed by atoms with Crippen molar-refractivity contribution < 1.29 is 13.2 Å². The highest BCUT2D eigenvalue weighted by Crippen LogP contribution is 2.30. The van der Waals surface area contributed by atoms with Gasteiger partial charge in [0.25, 0.3) is 0 Å². The zero-order chi connectivity index (χ0) is 16.9. The van der Waals surface area contributed by atoms with Gasteiger partial charge in [0.2, 0.25) is 0 Å².